The Morgan fingerprint density at radius 1 is 1.64 bits per heavy atom. The van der Waals surface area contributed by atoms with Gasteiger partial charge in [0.15, 0.2) is 0 Å². The van der Waals surface area contributed by atoms with Crippen LogP contribution in [0.5, 0.6) is 0 Å². The lowest BCUT2D eigenvalue weighted by atomic mass is 10.0. The van der Waals surface area contributed by atoms with Crippen LogP contribution in [0.4, 0.5) is 0 Å². The normalized spacial score (nSPS) is 12.6. The number of rotatable bonds is 3. The first kappa shape index (κ1) is 11.8. The van der Waals surface area contributed by atoms with Crippen molar-refractivity contribution in [2.24, 2.45) is 5.73 Å². The molecule has 0 saturated carbocycles. The van der Waals surface area contributed by atoms with E-state index >= 15 is 0 Å². The van der Waals surface area contributed by atoms with Gasteiger partial charge in [-0.2, -0.15) is 0 Å². The van der Waals surface area contributed by atoms with Crippen LogP contribution in [0, 0.1) is 0 Å². The van der Waals surface area contributed by atoms with Crippen LogP contribution < -0.4 is 5.73 Å². The van der Waals surface area contributed by atoms with E-state index in [2.05, 4.69) is 22.5 Å². The largest absolute Gasteiger partial charge is 0.324 e. The number of halogens is 2. The summed E-state index contributed by atoms with van der Waals surface area (Å²) >= 11 is 9.49. The van der Waals surface area contributed by atoms with Gasteiger partial charge in [0, 0.05) is 10.5 Å². The maximum Gasteiger partial charge on any atom is 0.0595 e. The Bertz CT molecular complexity index is 349. The molecule has 3 heteroatoms. The van der Waals surface area contributed by atoms with E-state index < -0.39 is 0 Å². The van der Waals surface area contributed by atoms with Crippen molar-refractivity contribution in [3.8, 4) is 0 Å². The highest BCUT2D eigenvalue weighted by molar-refractivity contribution is 9.10. The molecule has 1 aromatic rings. The van der Waals surface area contributed by atoms with Gasteiger partial charge in [0.05, 0.1) is 5.02 Å². The first-order valence-electron chi connectivity index (χ1n) is 4.36. The quantitative estimate of drug-likeness (QED) is 0.826. The van der Waals surface area contributed by atoms with E-state index in [0.29, 0.717) is 5.02 Å². The lowest BCUT2D eigenvalue weighted by molar-refractivity contribution is 0.717. The highest BCUT2D eigenvalue weighted by Gasteiger charge is 2.11. The van der Waals surface area contributed by atoms with Crippen molar-refractivity contribution in [1.29, 1.82) is 0 Å². The number of benzene rings is 1. The molecule has 2 N–H and O–H groups in total. The third-order valence-corrected chi connectivity index (χ3v) is 3.26. The molecule has 0 spiro atoms. The molecule has 0 fully saturated rings. The van der Waals surface area contributed by atoms with Crippen molar-refractivity contribution >= 4 is 27.5 Å². The van der Waals surface area contributed by atoms with E-state index in [4.69, 9.17) is 17.3 Å². The molecule has 1 nitrogen and oxygen atoms in total. The van der Waals surface area contributed by atoms with Crippen LogP contribution >= 0.6 is 27.5 Å². The second kappa shape index (κ2) is 4.96. The summed E-state index contributed by atoms with van der Waals surface area (Å²) in [6.45, 7) is 5.80. The van der Waals surface area contributed by atoms with Gasteiger partial charge in [-0.3, -0.25) is 0 Å². The van der Waals surface area contributed by atoms with Gasteiger partial charge >= 0.3 is 0 Å². The Balaban J connectivity index is 2.95. The van der Waals surface area contributed by atoms with Crippen molar-refractivity contribution in [3.63, 3.8) is 0 Å². The Labute approximate surface area is 98.1 Å². The third-order valence-electron chi connectivity index (χ3n) is 1.95. The standard InChI is InChI=1S/C11H13BrClN/c1-7(2)6-10(14)8-4-3-5-9(12)11(8)13/h3-5,10H,1,6,14H2,2H3. The van der Waals surface area contributed by atoms with Crippen molar-refractivity contribution in [3.05, 3.63) is 45.4 Å². The summed E-state index contributed by atoms with van der Waals surface area (Å²) in [4.78, 5) is 0. The van der Waals surface area contributed by atoms with E-state index in [0.717, 1.165) is 22.0 Å². The predicted octanol–water partition coefficient (Wildman–Crippen LogP) is 4.07. The zero-order valence-electron chi connectivity index (χ0n) is 8.06. The second-order valence-electron chi connectivity index (χ2n) is 3.41. The Morgan fingerprint density at radius 3 is 2.86 bits per heavy atom. The molecule has 1 aromatic carbocycles. The Hall–Kier alpha value is -0.310. The lowest BCUT2D eigenvalue weighted by Gasteiger charge is -2.14. The fraction of sp³-hybridized carbons (Fsp3) is 0.273. The molecule has 0 aromatic heterocycles. The molecule has 0 radical (unpaired) electrons. The molecule has 0 aliphatic carbocycles. The van der Waals surface area contributed by atoms with E-state index in [1.54, 1.807) is 0 Å². The Morgan fingerprint density at radius 2 is 2.29 bits per heavy atom. The van der Waals surface area contributed by atoms with Gasteiger partial charge in [0.1, 0.15) is 0 Å². The van der Waals surface area contributed by atoms with Crippen LogP contribution in [0.1, 0.15) is 24.9 Å². The van der Waals surface area contributed by atoms with Gasteiger partial charge in [0.25, 0.3) is 0 Å². The smallest absolute Gasteiger partial charge is 0.0595 e. The minimum atomic E-state index is -0.0718. The molecule has 0 aliphatic rings. The van der Waals surface area contributed by atoms with E-state index in [1.807, 2.05) is 25.1 Å². The van der Waals surface area contributed by atoms with Crippen LogP contribution in [0.15, 0.2) is 34.8 Å². The summed E-state index contributed by atoms with van der Waals surface area (Å²) in [6.07, 6.45) is 0.760. The lowest BCUT2D eigenvalue weighted by Crippen LogP contribution is -2.11. The molecule has 0 amide bonds. The maximum absolute atomic E-state index is 6.11. The summed E-state index contributed by atoms with van der Waals surface area (Å²) in [5, 5.41) is 0.696. The van der Waals surface area contributed by atoms with E-state index in [-0.39, 0.29) is 6.04 Å². The molecule has 1 atom stereocenters. The monoisotopic (exact) mass is 273 g/mol. The predicted molar refractivity (Wildman–Crippen MR) is 65.5 cm³/mol. The summed E-state index contributed by atoms with van der Waals surface area (Å²) in [6, 6.07) is 5.71. The molecular weight excluding hydrogens is 261 g/mol. The zero-order valence-corrected chi connectivity index (χ0v) is 10.4. The van der Waals surface area contributed by atoms with Crippen molar-refractivity contribution < 1.29 is 0 Å². The second-order valence-corrected chi connectivity index (χ2v) is 4.64. The molecule has 0 saturated heterocycles. The zero-order chi connectivity index (χ0) is 10.7. The average molecular weight is 275 g/mol. The van der Waals surface area contributed by atoms with Gasteiger partial charge < -0.3 is 5.73 Å². The Kier molecular flexibility index (Phi) is 4.17. The van der Waals surface area contributed by atoms with Gasteiger partial charge in [0.2, 0.25) is 0 Å². The molecule has 1 unspecified atom stereocenters. The van der Waals surface area contributed by atoms with E-state index in [9.17, 15) is 0 Å². The van der Waals surface area contributed by atoms with Crippen LogP contribution in [0.3, 0.4) is 0 Å². The average Bonchev–Trinajstić information content (AvgIpc) is 2.08. The highest BCUT2D eigenvalue weighted by atomic mass is 79.9. The van der Waals surface area contributed by atoms with Gasteiger partial charge in [-0.1, -0.05) is 29.3 Å². The molecule has 0 bridgehead atoms. The topological polar surface area (TPSA) is 26.0 Å². The van der Waals surface area contributed by atoms with Crippen molar-refractivity contribution in [1.82, 2.24) is 0 Å². The fourth-order valence-electron chi connectivity index (χ4n) is 1.29. The molecule has 76 valence electrons. The summed E-state index contributed by atoms with van der Waals surface area (Å²) in [7, 11) is 0. The SMILES string of the molecule is C=C(C)CC(N)c1cccc(Br)c1Cl. The first-order valence-corrected chi connectivity index (χ1v) is 5.53. The molecule has 1 rings (SSSR count). The van der Waals surface area contributed by atoms with Crippen LogP contribution in [0.25, 0.3) is 0 Å². The van der Waals surface area contributed by atoms with Crippen LogP contribution in [-0.2, 0) is 0 Å². The third kappa shape index (κ3) is 2.84. The van der Waals surface area contributed by atoms with Crippen LogP contribution in [-0.4, -0.2) is 0 Å². The highest BCUT2D eigenvalue weighted by Crippen LogP contribution is 2.31. The minimum Gasteiger partial charge on any atom is -0.324 e. The van der Waals surface area contributed by atoms with Crippen molar-refractivity contribution in [2.45, 2.75) is 19.4 Å². The fourth-order valence-corrected chi connectivity index (χ4v) is 1.94. The van der Waals surface area contributed by atoms with Crippen molar-refractivity contribution in [2.75, 3.05) is 0 Å². The number of hydrogen-bond acceptors (Lipinski definition) is 1. The maximum atomic E-state index is 6.11. The first-order chi connectivity index (χ1) is 6.52. The molecule has 14 heavy (non-hydrogen) atoms. The number of hydrogen-bond donors (Lipinski definition) is 1. The summed E-state index contributed by atoms with van der Waals surface area (Å²) < 4.78 is 0.883. The van der Waals surface area contributed by atoms with Crippen LogP contribution in [0.2, 0.25) is 5.02 Å². The van der Waals surface area contributed by atoms with E-state index in [1.165, 1.54) is 0 Å². The minimum absolute atomic E-state index is 0.0718. The summed E-state index contributed by atoms with van der Waals surface area (Å²) in [5.41, 5.74) is 8.03. The van der Waals surface area contributed by atoms with Gasteiger partial charge in [-0.15, -0.1) is 6.58 Å². The molecular formula is C11H13BrClN. The molecule has 0 heterocycles. The van der Waals surface area contributed by atoms with Gasteiger partial charge in [-0.05, 0) is 40.9 Å². The van der Waals surface area contributed by atoms with Gasteiger partial charge in [-0.25, -0.2) is 0 Å². The summed E-state index contributed by atoms with van der Waals surface area (Å²) in [5.74, 6) is 0. The molecule has 0 aliphatic heterocycles. The number of nitrogens with two attached hydrogens (primary N) is 1.